The van der Waals surface area contributed by atoms with Crippen molar-refractivity contribution in [2.75, 3.05) is 18.1 Å². The van der Waals surface area contributed by atoms with Crippen LogP contribution in [0.15, 0.2) is 6.33 Å². The highest BCUT2D eigenvalue weighted by Crippen LogP contribution is 2.23. The van der Waals surface area contributed by atoms with Crippen LogP contribution in [0.1, 0.15) is 23.0 Å². The van der Waals surface area contributed by atoms with Gasteiger partial charge in [-0.05, 0) is 19.4 Å². The van der Waals surface area contributed by atoms with Crippen molar-refractivity contribution in [1.82, 2.24) is 15.3 Å². The van der Waals surface area contributed by atoms with E-state index in [9.17, 15) is 0 Å². The lowest BCUT2D eigenvalue weighted by atomic mass is 10.1. The molecular formula is C10H15N3S. The van der Waals surface area contributed by atoms with Crippen LogP contribution in [-0.4, -0.2) is 28.0 Å². The lowest BCUT2D eigenvalue weighted by molar-refractivity contribution is 0.574. The van der Waals surface area contributed by atoms with Crippen molar-refractivity contribution in [3.63, 3.8) is 0 Å². The zero-order chi connectivity index (χ0) is 9.97. The monoisotopic (exact) mass is 209 g/mol. The number of aromatic nitrogens is 2. The smallest absolute Gasteiger partial charge is 0.116 e. The van der Waals surface area contributed by atoms with Gasteiger partial charge in [0.05, 0.1) is 11.7 Å². The number of nitrogens with zero attached hydrogens (tertiary/aromatic N) is 2. The minimum atomic E-state index is 0.412. The van der Waals surface area contributed by atoms with E-state index >= 15 is 0 Å². The number of rotatable bonds is 1. The number of aryl methyl sites for hydroxylation is 1. The molecule has 0 radical (unpaired) electrons. The van der Waals surface area contributed by atoms with Crippen molar-refractivity contribution in [1.29, 1.82) is 0 Å². The SMILES string of the molecule is Cc1ncnc(C2CSCCN2)c1C. The molecule has 0 aromatic carbocycles. The summed E-state index contributed by atoms with van der Waals surface area (Å²) in [5, 5.41) is 3.49. The summed E-state index contributed by atoms with van der Waals surface area (Å²) in [5.41, 5.74) is 3.49. The molecular weight excluding hydrogens is 194 g/mol. The lowest BCUT2D eigenvalue weighted by Gasteiger charge is -2.24. The molecule has 1 aliphatic rings. The van der Waals surface area contributed by atoms with E-state index < -0.39 is 0 Å². The molecule has 2 heterocycles. The van der Waals surface area contributed by atoms with Crippen molar-refractivity contribution < 1.29 is 0 Å². The molecule has 76 valence electrons. The summed E-state index contributed by atoms with van der Waals surface area (Å²) in [6, 6.07) is 0.412. The fourth-order valence-electron chi connectivity index (χ4n) is 1.65. The largest absolute Gasteiger partial charge is 0.307 e. The van der Waals surface area contributed by atoms with Crippen LogP contribution in [0, 0.1) is 13.8 Å². The van der Waals surface area contributed by atoms with Gasteiger partial charge in [-0.1, -0.05) is 0 Å². The van der Waals surface area contributed by atoms with Crippen LogP contribution in [0.4, 0.5) is 0 Å². The Balaban J connectivity index is 2.26. The van der Waals surface area contributed by atoms with Crippen molar-refractivity contribution in [3.8, 4) is 0 Å². The quantitative estimate of drug-likeness (QED) is 0.760. The summed E-state index contributed by atoms with van der Waals surface area (Å²) in [7, 11) is 0. The summed E-state index contributed by atoms with van der Waals surface area (Å²) in [4.78, 5) is 8.56. The molecule has 1 fully saturated rings. The summed E-state index contributed by atoms with van der Waals surface area (Å²) in [6.45, 7) is 5.22. The first-order chi connectivity index (χ1) is 6.79. The number of thioether (sulfide) groups is 1. The summed E-state index contributed by atoms with van der Waals surface area (Å²) >= 11 is 1.99. The average Bonchev–Trinajstić information content (AvgIpc) is 2.23. The van der Waals surface area contributed by atoms with Gasteiger partial charge in [0, 0.05) is 23.7 Å². The molecule has 2 rings (SSSR count). The molecule has 3 nitrogen and oxygen atoms in total. The third kappa shape index (κ3) is 1.91. The predicted molar refractivity (Wildman–Crippen MR) is 59.6 cm³/mol. The Morgan fingerprint density at radius 1 is 1.43 bits per heavy atom. The van der Waals surface area contributed by atoms with Crippen LogP contribution < -0.4 is 5.32 Å². The Hall–Kier alpha value is -0.610. The van der Waals surface area contributed by atoms with Crippen molar-refractivity contribution in [2.24, 2.45) is 0 Å². The van der Waals surface area contributed by atoms with Gasteiger partial charge in [0.2, 0.25) is 0 Å². The second kappa shape index (κ2) is 4.28. The number of hydrogen-bond donors (Lipinski definition) is 1. The van der Waals surface area contributed by atoms with E-state index in [1.54, 1.807) is 6.33 Å². The van der Waals surface area contributed by atoms with Gasteiger partial charge in [0.1, 0.15) is 6.33 Å². The van der Waals surface area contributed by atoms with Gasteiger partial charge in [0.15, 0.2) is 0 Å². The van der Waals surface area contributed by atoms with Crippen LogP contribution in [0.5, 0.6) is 0 Å². The van der Waals surface area contributed by atoms with Crippen LogP contribution in [0.2, 0.25) is 0 Å². The van der Waals surface area contributed by atoms with Gasteiger partial charge >= 0.3 is 0 Å². The fraction of sp³-hybridized carbons (Fsp3) is 0.600. The Morgan fingerprint density at radius 2 is 2.29 bits per heavy atom. The normalized spacial score (nSPS) is 22.3. The van der Waals surface area contributed by atoms with Gasteiger partial charge in [0.25, 0.3) is 0 Å². The summed E-state index contributed by atoms with van der Waals surface area (Å²) in [6.07, 6.45) is 1.67. The van der Waals surface area contributed by atoms with E-state index in [0.29, 0.717) is 6.04 Å². The number of nitrogens with one attached hydrogen (secondary N) is 1. The molecule has 1 aromatic rings. The molecule has 1 atom stereocenters. The first kappa shape index (κ1) is 9.93. The lowest BCUT2D eigenvalue weighted by Crippen LogP contribution is -2.31. The van der Waals surface area contributed by atoms with E-state index in [2.05, 4.69) is 22.2 Å². The van der Waals surface area contributed by atoms with E-state index in [4.69, 9.17) is 0 Å². The molecule has 0 saturated carbocycles. The molecule has 1 aliphatic heterocycles. The van der Waals surface area contributed by atoms with Gasteiger partial charge < -0.3 is 5.32 Å². The van der Waals surface area contributed by atoms with Gasteiger partial charge in [-0.2, -0.15) is 11.8 Å². The highest BCUT2D eigenvalue weighted by atomic mass is 32.2. The molecule has 14 heavy (non-hydrogen) atoms. The Bertz CT molecular complexity index is 321. The standard InChI is InChI=1S/C10H15N3S/c1-7-8(2)12-6-13-10(7)9-5-14-4-3-11-9/h6,9,11H,3-5H2,1-2H3. The molecule has 0 bridgehead atoms. The molecule has 0 spiro atoms. The highest BCUT2D eigenvalue weighted by molar-refractivity contribution is 7.99. The molecule has 4 heteroatoms. The van der Waals surface area contributed by atoms with E-state index in [1.807, 2.05) is 18.7 Å². The fourth-order valence-corrected chi connectivity index (χ4v) is 2.59. The zero-order valence-corrected chi connectivity index (χ0v) is 9.40. The van der Waals surface area contributed by atoms with E-state index in [0.717, 1.165) is 18.0 Å². The molecule has 0 aliphatic carbocycles. The maximum absolute atomic E-state index is 4.38. The molecule has 1 unspecified atom stereocenters. The zero-order valence-electron chi connectivity index (χ0n) is 8.58. The minimum absolute atomic E-state index is 0.412. The highest BCUT2D eigenvalue weighted by Gasteiger charge is 2.18. The third-order valence-electron chi connectivity index (χ3n) is 2.63. The Labute approximate surface area is 88.7 Å². The third-order valence-corrected chi connectivity index (χ3v) is 3.69. The van der Waals surface area contributed by atoms with Crippen LogP contribution in [-0.2, 0) is 0 Å². The van der Waals surface area contributed by atoms with Crippen molar-refractivity contribution >= 4 is 11.8 Å². The van der Waals surface area contributed by atoms with Gasteiger partial charge in [-0.3, -0.25) is 0 Å². The second-order valence-electron chi connectivity index (χ2n) is 3.55. The van der Waals surface area contributed by atoms with E-state index in [1.165, 1.54) is 17.0 Å². The van der Waals surface area contributed by atoms with Gasteiger partial charge in [-0.15, -0.1) is 0 Å². The first-order valence-electron chi connectivity index (χ1n) is 4.88. The minimum Gasteiger partial charge on any atom is -0.307 e. The van der Waals surface area contributed by atoms with Crippen molar-refractivity contribution in [3.05, 3.63) is 23.3 Å². The maximum Gasteiger partial charge on any atom is 0.116 e. The molecule has 0 amide bonds. The maximum atomic E-state index is 4.38. The van der Waals surface area contributed by atoms with Crippen LogP contribution in [0.25, 0.3) is 0 Å². The van der Waals surface area contributed by atoms with E-state index in [-0.39, 0.29) is 0 Å². The molecule has 1 aromatic heterocycles. The summed E-state index contributed by atoms with van der Waals surface area (Å²) < 4.78 is 0. The average molecular weight is 209 g/mol. The molecule has 1 N–H and O–H groups in total. The summed E-state index contributed by atoms with van der Waals surface area (Å²) in [5.74, 6) is 2.33. The topological polar surface area (TPSA) is 37.8 Å². The Morgan fingerprint density at radius 3 is 3.00 bits per heavy atom. The van der Waals surface area contributed by atoms with Crippen LogP contribution in [0.3, 0.4) is 0 Å². The van der Waals surface area contributed by atoms with Crippen molar-refractivity contribution in [2.45, 2.75) is 19.9 Å². The number of hydrogen-bond acceptors (Lipinski definition) is 4. The van der Waals surface area contributed by atoms with Crippen LogP contribution >= 0.6 is 11.8 Å². The molecule has 1 saturated heterocycles. The Kier molecular flexibility index (Phi) is 3.03. The second-order valence-corrected chi connectivity index (χ2v) is 4.70. The first-order valence-corrected chi connectivity index (χ1v) is 6.03. The predicted octanol–water partition coefficient (Wildman–Crippen LogP) is 1.47. The van der Waals surface area contributed by atoms with Gasteiger partial charge in [-0.25, -0.2) is 9.97 Å².